The van der Waals surface area contributed by atoms with Crippen LogP contribution < -0.4 is 10.2 Å². The zero-order valence-electron chi connectivity index (χ0n) is 11.4. The molecule has 0 unspecified atom stereocenters. The molecule has 2 heterocycles. The van der Waals surface area contributed by atoms with E-state index in [2.05, 4.69) is 25.2 Å². The van der Waals surface area contributed by atoms with E-state index in [9.17, 15) is 0 Å². The summed E-state index contributed by atoms with van der Waals surface area (Å²) >= 11 is 5.93. The molecule has 1 aliphatic heterocycles. The van der Waals surface area contributed by atoms with Gasteiger partial charge in [-0.3, -0.25) is 0 Å². The summed E-state index contributed by atoms with van der Waals surface area (Å²) in [5.74, 6) is 1.18. The molecule has 7 heteroatoms. The SMILES string of the molecule is CCNc1nc(Cl)nc(N2CCC(OCC)CC2)n1. The van der Waals surface area contributed by atoms with E-state index in [1.165, 1.54) is 0 Å². The first-order valence-corrected chi connectivity index (χ1v) is 7.12. The molecule has 0 aliphatic carbocycles. The lowest BCUT2D eigenvalue weighted by Gasteiger charge is -2.31. The van der Waals surface area contributed by atoms with Crippen molar-refractivity contribution in [1.82, 2.24) is 15.0 Å². The third kappa shape index (κ3) is 3.91. The van der Waals surface area contributed by atoms with Crippen LogP contribution in [0.15, 0.2) is 0 Å². The number of piperidine rings is 1. The molecule has 1 saturated heterocycles. The number of halogens is 1. The molecule has 0 spiro atoms. The van der Waals surface area contributed by atoms with Crippen molar-refractivity contribution in [2.75, 3.05) is 36.5 Å². The molecule has 106 valence electrons. The van der Waals surface area contributed by atoms with Crippen molar-refractivity contribution in [3.05, 3.63) is 5.28 Å². The highest BCUT2D eigenvalue weighted by molar-refractivity contribution is 6.28. The van der Waals surface area contributed by atoms with Crippen LogP contribution in [0, 0.1) is 0 Å². The average Bonchev–Trinajstić information content (AvgIpc) is 2.40. The third-order valence-electron chi connectivity index (χ3n) is 3.06. The predicted molar refractivity (Wildman–Crippen MR) is 75.9 cm³/mol. The Morgan fingerprint density at radius 1 is 1.26 bits per heavy atom. The largest absolute Gasteiger partial charge is 0.378 e. The van der Waals surface area contributed by atoms with Gasteiger partial charge in [0.1, 0.15) is 0 Å². The first-order chi connectivity index (χ1) is 9.22. The number of hydrogen-bond donors (Lipinski definition) is 1. The van der Waals surface area contributed by atoms with Gasteiger partial charge in [0.2, 0.25) is 17.2 Å². The van der Waals surface area contributed by atoms with Crippen LogP contribution in [0.3, 0.4) is 0 Å². The summed E-state index contributed by atoms with van der Waals surface area (Å²) in [4.78, 5) is 14.8. The van der Waals surface area contributed by atoms with Crippen LogP contribution in [0.25, 0.3) is 0 Å². The maximum absolute atomic E-state index is 5.93. The first-order valence-electron chi connectivity index (χ1n) is 6.75. The van der Waals surface area contributed by atoms with Crippen LogP contribution in [-0.2, 0) is 4.74 Å². The molecule has 0 radical (unpaired) electrons. The molecule has 2 rings (SSSR count). The minimum atomic E-state index is 0.230. The summed E-state index contributed by atoms with van der Waals surface area (Å²) < 4.78 is 5.63. The Labute approximate surface area is 118 Å². The lowest BCUT2D eigenvalue weighted by Crippen LogP contribution is -2.38. The lowest BCUT2D eigenvalue weighted by atomic mass is 10.1. The van der Waals surface area contributed by atoms with E-state index < -0.39 is 0 Å². The Kier molecular flexibility index (Phi) is 5.15. The molecular weight excluding hydrogens is 266 g/mol. The van der Waals surface area contributed by atoms with Crippen molar-refractivity contribution < 1.29 is 4.74 Å². The van der Waals surface area contributed by atoms with E-state index in [0.29, 0.717) is 18.0 Å². The van der Waals surface area contributed by atoms with E-state index >= 15 is 0 Å². The molecule has 6 nitrogen and oxygen atoms in total. The van der Waals surface area contributed by atoms with Crippen molar-refractivity contribution >= 4 is 23.5 Å². The van der Waals surface area contributed by atoms with Crippen LogP contribution in [0.2, 0.25) is 5.28 Å². The van der Waals surface area contributed by atoms with Gasteiger partial charge < -0.3 is 15.0 Å². The number of nitrogens with zero attached hydrogens (tertiary/aromatic N) is 4. The van der Waals surface area contributed by atoms with Crippen LogP contribution >= 0.6 is 11.6 Å². The molecule has 0 amide bonds. The van der Waals surface area contributed by atoms with Gasteiger partial charge in [0.05, 0.1) is 6.10 Å². The van der Waals surface area contributed by atoms with E-state index in [1.54, 1.807) is 0 Å². The highest BCUT2D eigenvalue weighted by Gasteiger charge is 2.21. The minimum absolute atomic E-state index is 0.230. The first kappa shape index (κ1) is 14.3. The molecule has 0 atom stereocenters. The molecule has 19 heavy (non-hydrogen) atoms. The van der Waals surface area contributed by atoms with Crippen molar-refractivity contribution in [3.8, 4) is 0 Å². The number of anilines is 2. The quantitative estimate of drug-likeness (QED) is 0.892. The Hall–Kier alpha value is -1.14. The monoisotopic (exact) mass is 285 g/mol. The van der Waals surface area contributed by atoms with Gasteiger partial charge in [-0.1, -0.05) is 0 Å². The summed E-state index contributed by atoms with van der Waals surface area (Å²) in [5, 5.41) is 3.29. The average molecular weight is 286 g/mol. The normalized spacial score (nSPS) is 16.7. The summed E-state index contributed by atoms with van der Waals surface area (Å²) in [5.41, 5.74) is 0. The zero-order chi connectivity index (χ0) is 13.7. The minimum Gasteiger partial charge on any atom is -0.378 e. The van der Waals surface area contributed by atoms with Gasteiger partial charge in [-0.15, -0.1) is 0 Å². The van der Waals surface area contributed by atoms with Gasteiger partial charge in [-0.25, -0.2) is 0 Å². The molecule has 0 saturated carbocycles. The van der Waals surface area contributed by atoms with Crippen LogP contribution in [-0.4, -0.2) is 47.3 Å². The number of rotatable bonds is 5. The van der Waals surface area contributed by atoms with Gasteiger partial charge in [0.25, 0.3) is 0 Å². The molecule has 1 aliphatic rings. The summed E-state index contributed by atoms with van der Waals surface area (Å²) in [6.07, 6.45) is 2.34. The number of hydrogen-bond acceptors (Lipinski definition) is 6. The van der Waals surface area contributed by atoms with Crippen LogP contribution in [0.4, 0.5) is 11.9 Å². The van der Waals surface area contributed by atoms with Crippen LogP contribution in [0.1, 0.15) is 26.7 Å². The van der Waals surface area contributed by atoms with E-state index in [0.717, 1.165) is 39.1 Å². The second kappa shape index (κ2) is 6.86. The molecular formula is C12H20ClN5O. The molecule has 1 aromatic rings. The van der Waals surface area contributed by atoms with Gasteiger partial charge in [-0.2, -0.15) is 15.0 Å². The van der Waals surface area contributed by atoms with Gasteiger partial charge in [0.15, 0.2) is 0 Å². The fourth-order valence-corrected chi connectivity index (χ4v) is 2.33. The van der Waals surface area contributed by atoms with Gasteiger partial charge >= 0.3 is 0 Å². The predicted octanol–water partition coefficient (Wildman–Crippen LogP) is 1.96. The van der Waals surface area contributed by atoms with Crippen molar-refractivity contribution in [2.24, 2.45) is 0 Å². The van der Waals surface area contributed by atoms with Crippen molar-refractivity contribution in [1.29, 1.82) is 0 Å². The Bertz CT molecular complexity index is 409. The molecule has 0 aromatic carbocycles. The fraction of sp³-hybridized carbons (Fsp3) is 0.750. The maximum atomic E-state index is 5.93. The zero-order valence-corrected chi connectivity index (χ0v) is 12.2. The van der Waals surface area contributed by atoms with E-state index in [1.807, 2.05) is 13.8 Å². The third-order valence-corrected chi connectivity index (χ3v) is 3.23. The maximum Gasteiger partial charge on any atom is 0.231 e. The van der Waals surface area contributed by atoms with Crippen molar-refractivity contribution in [2.45, 2.75) is 32.8 Å². The molecule has 1 N–H and O–H groups in total. The van der Waals surface area contributed by atoms with Crippen molar-refractivity contribution in [3.63, 3.8) is 0 Å². The summed E-state index contributed by atoms with van der Waals surface area (Å²) in [6.45, 7) is 7.32. The number of ether oxygens (including phenoxy) is 1. The van der Waals surface area contributed by atoms with E-state index in [-0.39, 0.29) is 5.28 Å². The number of nitrogens with one attached hydrogen (secondary N) is 1. The lowest BCUT2D eigenvalue weighted by molar-refractivity contribution is 0.0457. The standard InChI is InChI=1S/C12H20ClN5O/c1-3-14-11-15-10(13)16-12(17-11)18-7-5-9(6-8-18)19-4-2/h9H,3-8H2,1-2H3,(H,14,15,16,17). The fourth-order valence-electron chi connectivity index (χ4n) is 2.18. The second-order valence-electron chi connectivity index (χ2n) is 4.40. The Balaban J connectivity index is 2.02. The smallest absolute Gasteiger partial charge is 0.231 e. The van der Waals surface area contributed by atoms with Gasteiger partial charge in [0, 0.05) is 26.2 Å². The second-order valence-corrected chi connectivity index (χ2v) is 4.74. The highest BCUT2D eigenvalue weighted by Crippen LogP contribution is 2.20. The Morgan fingerprint density at radius 3 is 2.63 bits per heavy atom. The van der Waals surface area contributed by atoms with Crippen LogP contribution in [0.5, 0.6) is 0 Å². The molecule has 1 fully saturated rings. The number of aromatic nitrogens is 3. The highest BCUT2D eigenvalue weighted by atomic mass is 35.5. The summed E-state index contributed by atoms with van der Waals surface area (Å²) in [6, 6.07) is 0. The van der Waals surface area contributed by atoms with E-state index in [4.69, 9.17) is 16.3 Å². The topological polar surface area (TPSA) is 63.2 Å². The Morgan fingerprint density at radius 2 is 2.00 bits per heavy atom. The molecule has 0 bridgehead atoms. The van der Waals surface area contributed by atoms with Gasteiger partial charge in [-0.05, 0) is 38.3 Å². The summed E-state index contributed by atoms with van der Waals surface area (Å²) in [7, 11) is 0. The molecule has 1 aromatic heterocycles.